The highest BCUT2D eigenvalue weighted by molar-refractivity contribution is 6.29. The molecule has 0 radical (unpaired) electrons. The number of carbonyl (C=O) groups is 1. The van der Waals surface area contributed by atoms with Crippen LogP contribution in [-0.2, 0) is 13.0 Å². The Morgan fingerprint density at radius 1 is 1.35 bits per heavy atom. The zero-order valence-corrected chi connectivity index (χ0v) is 12.2. The molecule has 2 rings (SSSR count). The van der Waals surface area contributed by atoms with Crippen molar-refractivity contribution < 1.29 is 4.79 Å². The minimum absolute atomic E-state index is 0.162. The molecule has 0 aliphatic heterocycles. The Bertz CT molecular complexity index is 611. The van der Waals surface area contributed by atoms with Gasteiger partial charge in [0.25, 0.3) is 5.91 Å². The van der Waals surface area contributed by atoms with Crippen LogP contribution in [0, 0.1) is 6.92 Å². The van der Waals surface area contributed by atoms with E-state index in [0.29, 0.717) is 17.3 Å². The maximum absolute atomic E-state index is 12.1. The quantitative estimate of drug-likeness (QED) is 0.881. The first-order valence-electron chi connectivity index (χ1n) is 6.44. The molecule has 0 aliphatic carbocycles. The summed E-state index contributed by atoms with van der Waals surface area (Å²) in [5, 5.41) is 3.19. The SMILES string of the molecule is CCc1cc(C(=O)NCc2ccc(C)nc2)cc(Cl)n1. The summed E-state index contributed by atoms with van der Waals surface area (Å²) in [5.74, 6) is -0.162. The molecule has 104 valence electrons. The summed E-state index contributed by atoms with van der Waals surface area (Å²) in [6.07, 6.45) is 2.50. The zero-order valence-electron chi connectivity index (χ0n) is 11.5. The molecule has 1 N–H and O–H groups in total. The number of aromatic nitrogens is 2. The monoisotopic (exact) mass is 289 g/mol. The molecule has 2 aromatic heterocycles. The first kappa shape index (κ1) is 14.5. The van der Waals surface area contributed by atoms with Crippen molar-refractivity contribution in [2.24, 2.45) is 0 Å². The van der Waals surface area contributed by atoms with Gasteiger partial charge in [0, 0.05) is 29.7 Å². The van der Waals surface area contributed by atoms with E-state index in [9.17, 15) is 4.79 Å². The second-order valence-corrected chi connectivity index (χ2v) is 4.90. The number of hydrogen-bond acceptors (Lipinski definition) is 3. The van der Waals surface area contributed by atoms with Crippen LogP contribution in [0.5, 0.6) is 0 Å². The minimum Gasteiger partial charge on any atom is -0.348 e. The summed E-state index contributed by atoms with van der Waals surface area (Å²) in [6, 6.07) is 7.19. The Morgan fingerprint density at radius 3 is 2.80 bits per heavy atom. The van der Waals surface area contributed by atoms with Gasteiger partial charge in [0.2, 0.25) is 0 Å². The lowest BCUT2D eigenvalue weighted by Gasteiger charge is -2.07. The van der Waals surface area contributed by atoms with Crippen molar-refractivity contribution in [1.82, 2.24) is 15.3 Å². The number of pyridine rings is 2. The molecular formula is C15H16ClN3O. The van der Waals surface area contributed by atoms with Crippen molar-refractivity contribution in [2.45, 2.75) is 26.8 Å². The second kappa shape index (κ2) is 6.48. The van der Waals surface area contributed by atoms with Gasteiger partial charge < -0.3 is 5.32 Å². The lowest BCUT2D eigenvalue weighted by molar-refractivity contribution is 0.0950. The fraction of sp³-hybridized carbons (Fsp3) is 0.267. The smallest absolute Gasteiger partial charge is 0.251 e. The van der Waals surface area contributed by atoms with Gasteiger partial charge in [0.05, 0.1) is 0 Å². The Morgan fingerprint density at radius 2 is 2.15 bits per heavy atom. The molecule has 0 bridgehead atoms. The van der Waals surface area contributed by atoms with Crippen molar-refractivity contribution in [1.29, 1.82) is 0 Å². The van der Waals surface area contributed by atoms with E-state index in [1.807, 2.05) is 26.0 Å². The van der Waals surface area contributed by atoms with E-state index in [4.69, 9.17) is 11.6 Å². The predicted molar refractivity (Wildman–Crippen MR) is 78.8 cm³/mol. The highest BCUT2D eigenvalue weighted by atomic mass is 35.5. The predicted octanol–water partition coefficient (Wildman–Crippen LogP) is 2.93. The van der Waals surface area contributed by atoms with E-state index in [1.165, 1.54) is 0 Å². The van der Waals surface area contributed by atoms with Gasteiger partial charge >= 0.3 is 0 Å². The summed E-state index contributed by atoms with van der Waals surface area (Å²) in [7, 11) is 0. The van der Waals surface area contributed by atoms with Gasteiger partial charge in [0.1, 0.15) is 5.15 Å². The molecule has 0 saturated carbocycles. The molecule has 2 heterocycles. The topological polar surface area (TPSA) is 54.9 Å². The van der Waals surface area contributed by atoms with Crippen LogP contribution >= 0.6 is 11.6 Å². The zero-order chi connectivity index (χ0) is 14.5. The maximum Gasteiger partial charge on any atom is 0.251 e. The Hall–Kier alpha value is -1.94. The second-order valence-electron chi connectivity index (χ2n) is 4.51. The van der Waals surface area contributed by atoms with Gasteiger partial charge in [-0.05, 0) is 37.1 Å². The van der Waals surface area contributed by atoms with Crippen molar-refractivity contribution in [3.63, 3.8) is 0 Å². The number of aryl methyl sites for hydroxylation is 2. The van der Waals surface area contributed by atoms with Crippen molar-refractivity contribution >= 4 is 17.5 Å². The molecule has 0 fully saturated rings. The number of hydrogen-bond donors (Lipinski definition) is 1. The average molecular weight is 290 g/mol. The van der Waals surface area contributed by atoms with Crippen molar-refractivity contribution in [2.75, 3.05) is 0 Å². The normalized spacial score (nSPS) is 10.3. The molecule has 0 unspecified atom stereocenters. The number of nitrogens with one attached hydrogen (secondary N) is 1. The van der Waals surface area contributed by atoms with Crippen LogP contribution in [0.4, 0.5) is 0 Å². The molecule has 0 aromatic carbocycles. The van der Waals surface area contributed by atoms with E-state index in [-0.39, 0.29) is 5.91 Å². The standard InChI is InChI=1S/C15H16ClN3O/c1-3-13-6-12(7-14(16)19-13)15(20)18-9-11-5-4-10(2)17-8-11/h4-8H,3,9H2,1-2H3,(H,18,20). The van der Waals surface area contributed by atoms with Crippen molar-refractivity contribution in [3.05, 3.63) is 58.1 Å². The summed E-state index contributed by atoms with van der Waals surface area (Å²) in [4.78, 5) is 20.4. The fourth-order valence-electron chi connectivity index (χ4n) is 1.75. The first-order chi connectivity index (χ1) is 9.58. The van der Waals surface area contributed by atoms with Crippen LogP contribution in [0.15, 0.2) is 30.5 Å². The Kier molecular flexibility index (Phi) is 4.69. The summed E-state index contributed by atoms with van der Waals surface area (Å²) < 4.78 is 0. The van der Waals surface area contributed by atoms with Gasteiger partial charge in [-0.1, -0.05) is 24.6 Å². The number of nitrogens with zero attached hydrogens (tertiary/aromatic N) is 2. The Labute approximate surface area is 123 Å². The molecule has 0 atom stereocenters. The van der Waals surface area contributed by atoms with Crippen LogP contribution in [0.25, 0.3) is 0 Å². The van der Waals surface area contributed by atoms with Gasteiger partial charge in [-0.2, -0.15) is 0 Å². The molecule has 5 heteroatoms. The average Bonchev–Trinajstić information content (AvgIpc) is 2.45. The highest BCUT2D eigenvalue weighted by Gasteiger charge is 2.08. The summed E-state index contributed by atoms with van der Waals surface area (Å²) >= 11 is 5.91. The molecule has 4 nitrogen and oxygen atoms in total. The number of carbonyl (C=O) groups excluding carboxylic acids is 1. The Balaban J connectivity index is 2.04. The molecule has 0 spiro atoms. The van der Waals surface area contributed by atoms with E-state index in [1.54, 1.807) is 18.3 Å². The third kappa shape index (κ3) is 3.78. The highest BCUT2D eigenvalue weighted by Crippen LogP contribution is 2.11. The molecule has 0 saturated heterocycles. The fourth-order valence-corrected chi connectivity index (χ4v) is 1.98. The third-order valence-corrected chi connectivity index (χ3v) is 3.09. The van der Waals surface area contributed by atoms with E-state index in [0.717, 1.165) is 23.4 Å². The molecule has 0 aliphatic rings. The van der Waals surface area contributed by atoms with Gasteiger partial charge in [-0.25, -0.2) is 4.98 Å². The van der Waals surface area contributed by atoms with E-state index >= 15 is 0 Å². The number of halogens is 1. The molecule has 1 amide bonds. The lowest BCUT2D eigenvalue weighted by Crippen LogP contribution is -2.23. The van der Waals surface area contributed by atoms with Crippen LogP contribution in [-0.4, -0.2) is 15.9 Å². The molecule has 2 aromatic rings. The summed E-state index contributed by atoms with van der Waals surface area (Å²) in [5.41, 5.74) is 3.25. The third-order valence-electron chi connectivity index (χ3n) is 2.90. The molecular weight excluding hydrogens is 274 g/mol. The van der Waals surface area contributed by atoms with Gasteiger partial charge in [0.15, 0.2) is 0 Å². The van der Waals surface area contributed by atoms with Gasteiger partial charge in [-0.3, -0.25) is 9.78 Å². The van der Waals surface area contributed by atoms with Crippen LogP contribution in [0.2, 0.25) is 5.15 Å². The molecule has 20 heavy (non-hydrogen) atoms. The van der Waals surface area contributed by atoms with Gasteiger partial charge in [-0.15, -0.1) is 0 Å². The first-order valence-corrected chi connectivity index (χ1v) is 6.82. The number of rotatable bonds is 4. The van der Waals surface area contributed by atoms with Crippen LogP contribution < -0.4 is 5.32 Å². The number of amides is 1. The lowest BCUT2D eigenvalue weighted by atomic mass is 10.2. The van der Waals surface area contributed by atoms with E-state index in [2.05, 4.69) is 15.3 Å². The van der Waals surface area contributed by atoms with Crippen molar-refractivity contribution in [3.8, 4) is 0 Å². The maximum atomic E-state index is 12.1. The van der Waals surface area contributed by atoms with E-state index < -0.39 is 0 Å². The summed E-state index contributed by atoms with van der Waals surface area (Å²) in [6.45, 7) is 4.33. The van der Waals surface area contributed by atoms with Crippen LogP contribution in [0.3, 0.4) is 0 Å². The van der Waals surface area contributed by atoms with Crippen LogP contribution in [0.1, 0.15) is 34.2 Å². The largest absolute Gasteiger partial charge is 0.348 e. The minimum atomic E-state index is -0.162.